The van der Waals surface area contributed by atoms with E-state index in [4.69, 9.17) is 19.4 Å². The zero-order valence-corrected chi connectivity index (χ0v) is 26.0. The van der Waals surface area contributed by atoms with Crippen LogP contribution in [0.15, 0.2) is 143 Å². The van der Waals surface area contributed by atoms with Crippen molar-refractivity contribution in [2.45, 2.75) is 20.3 Å². The molecule has 0 amide bonds. The SMILES string of the molecule is C/C=C(\C=C/CC)c1nc(-c2ccccc2)nc(-n2c3ccccc3c3cc(-c4ccc5c(c4)c(=O)oc4ccccc45)ccc32)n1. The maximum absolute atomic E-state index is 13.0. The van der Waals surface area contributed by atoms with E-state index in [9.17, 15) is 4.79 Å². The van der Waals surface area contributed by atoms with E-state index in [0.29, 0.717) is 28.6 Å². The predicted octanol–water partition coefficient (Wildman–Crippen LogP) is 9.93. The first-order chi connectivity index (χ1) is 23.1. The Kier molecular flexibility index (Phi) is 7.03. The van der Waals surface area contributed by atoms with Crippen molar-refractivity contribution in [1.29, 1.82) is 0 Å². The van der Waals surface area contributed by atoms with Gasteiger partial charge in [-0.05, 0) is 60.2 Å². The smallest absolute Gasteiger partial charge is 0.344 e. The first-order valence-electron chi connectivity index (χ1n) is 15.8. The van der Waals surface area contributed by atoms with Crippen LogP contribution in [-0.4, -0.2) is 19.5 Å². The lowest BCUT2D eigenvalue weighted by Crippen LogP contribution is -2.07. The van der Waals surface area contributed by atoms with Crippen LogP contribution in [0.25, 0.3) is 77.6 Å². The van der Waals surface area contributed by atoms with Crippen molar-refractivity contribution in [3.8, 4) is 28.5 Å². The molecular formula is C41H30N4O2. The Hall–Kier alpha value is -6.14. The van der Waals surface area contributed by atoms with Crippen molar-refractivity contribution in [3.63, 3.8) is 0 Å². The molecule has 0 saturated heterocycles. The Bertz CT molecular complexity index is 2590. The summed E-state index contributed by atoms with van der Waals surface area (Å²) in [7, 11) is 0. The molecule has 3 heterocycles. The van der Waals surface area contributed by atoms with E-state index in [1.165, 1.54) is 0 Å². The second kappa shape index (κ2) is 11.7. The maximum Gasteiger partial charge on any atom is 0.344 e. The number of fused-ring (bicyclic) bond motifs is 6. The Morgan fingerprint density at radius 1 is 0.681 bits per heavy atom. The highest BCUT2D eigenvalue weighted by atomic mass is 16.4. The number of benzene rings is 5. The highest BCUT2D eigenvalue weighted by Crippen LogP contribution is 2.36. The molecule has 0 aliphatic heterocycles. The van der Waals surface area contributed by atoms with E-state index in [1.807, 2.05) is 91.9 Å². The second-order valence-corrected chi connectivity index (χ2v) is 11.4. The molecule has 8 aromatic rings. The minimum Gasteiger partial charge on any atom is -0.422 e. The second-order valence-electron chi connectivity index (χ2n) is 11.4. The highest BCUT2D eigenvalue weighted by Gasteiger charge is 2.19. The predicted molar refractivity (Wildman–Crippen MR) is 192 cm³/mol. The van der Waals surface area contributed by atoms with E-state index in [1.54, 1.807) is 0 Å². The molecule has 0 aliphatic carbocycles. The van der Waals surface area contributed by atoms with Crippen LogP contribution in [0.3, 0.4) is 0 Å². The number of hydrogen-bond donors (Lipinski definition) is 0. The van der Waals surface area contributed by atoms with Crippen molar-refractivity contribution in [2.75, 3.05) is 0 Å². The van der Waals surface area contributed by atoms with Gasteiger partial charge in [-0.2, -0.15) is 9.97 Å². The van der Waals surface area contributed by atoms with Crippen LogP contribution in [0, 0.1) is 0 Å². The fourth-order valence-corrected chi connectivity index (χ4v) is 6.28. The summed E-state index contributed by atoms with van der Waals surface area (Å²) >= 11 is 0. The van der Waals surface area contributed by atoms with E-state index < -0.39 is 0 Å². The first-order valence-corrected chi connectivity index (χ1v) is 15.8. The third-order valence-corrected chi connectivity index (χ3v) is 8.58. The van der Waals surface area contributed by atoms with Gasteiger partial charge in [0.15, 0.2) is 11.6 Å². The third kappa shape index (κ3) is 4.91. The molecule has 0 bridgehead atoms. The van der Waals surface area contributed by atoms with Gasteiger partial charge in [-0.15, -0.1) is 0 Å². The molecule has 0 unspecified atom stereocenters. The molecule has 0 saturated carbocycles. The molecule has 0 fully saturated rings. The molecular weight excluding hydrogens is 580 g/mol. The molecule has 0 aliphatic rings. The lowest BCUT2D eigenvalue weighted by Gasteiger charge is -2.11. The van der Waals surface area contributed by atoms with Gasteiger partial charge < -0.3 is 4.42 Å². The lowest BCUT2D eigenvalue weighted by molar-refractivity contribution is 0.569. The van der Waals surface area contributed by atoms with Gasteiger partial charge in [-0.25, -0.2) is 9.78 Å². The molecule has 226 valence electrons. The highest BCUT2D eigenvalue weighted by molar-refractivity contribution is 6.11. The van der Waals surface area contributed by atoms with Crippen LogP contribution < -0.4 is 5.63 Å². The summed E-state index contributed by atoms with van der Waals surface area (Å²) in [5.74, 6) is 1.78. The molecule has 3 aromatic heterocycles. The van der Waals surface area contributed by atoms with Crippen LogP contribution in [0.5, 0.6) is 0 Å². The molecule has 6 heteroatoms. The van der Waals surface area contributed by atoms with Gasteiger partial charge in [0.05, 0.1) is 16.4 Å². The Labute approximate surface area is 271 Å². The fraction of sp³-hybridized carbons (Fsp3) is 0.0732. The van der Waals surface area contributed by atoms with Gasteiger partial charge in [-0.1, -0.05) is 110 Å². The summed E-state index contributed by atoms with van der Waals surface area (Å²) in [4.78, 5) is 28.0. The Morgan fingerprint density at radius 2 is 1.38 bits per heavy atom. The van der Waals surface area contributed by atoms with Crippen LogP contribution in [0.2, 0.25) is 0 Å². The zero-order chi connectivity index (χ0) is 31.9. The topological polar surface area (TPSA) is 73.8 Å². The summed E-state index contributed by atoms with van der Waals surface area (Å²) < 4.78 is 7.77. The van der Waals surface area contributed by atoms with Crippen LogP contribution in [0.4, 0.5) is 0 Å². The summed E-state index contributed by atoms with van der Waals surface area (Å²) in [5.41, 5.74) is 6.01. The van der Waals surface area contributed by atoms with Crippen molar-refractivity contribution < 1.29 is 4.42 Å². The monoisotopic (exact) mass is 610 g/mol. The minimum absolute atomic E-state index is 0.340. The van der Waals surface area contributed by atoms with Gasteiger partial charge in [-0.3, -0.25) is 4.57 Å². The summed E-state index contributed by atoms with van der Waals surface area (Å²) in [6.07, 6.45) is 7.13. The largest absolute Gasteiger partial charge is 0.422 e. The van der Waals surface area contributed by atoms with Gasteiger partial charge in [0.25, 0.3) is 0 Å². The number of allylic oxidation sites excluding steroid dienone is 4. The summed E-state index contributed by atoms with van der Waals surface area (Å²) in [5, 5.41) is 4.50. The summed E-state index contributed by atoms with van der Waals surface area (Å²) in [6.45, 7) is 4.11. The van der Waals surface area contributed by atoms with Gasteiger partial charge in [0.1, 0.15) is 5.58 Å². The fourth-order valence-electron chi connectivity index (χ4n) is 6.28. The van der Waals surface area contributed by atoms with Gasteiger partial charge in [0.2, 0.25) is 5.95 Å². The summed E-state index contributed by atoms with van der Waals surface area (Å²) in [6, 6.07) is 38.4. The van der Waals surface area contributed by atoms with E-state index >= 15 is 0 Å². The van der Waals surface area contributed by atoms with Crippen molar-refractivity contribution in [1.82, 2.24) is 19.5 Å². The van der Waals surface area contributed by atoms with Gasteiger partial charge >= 0.3 is 5.63 Å². The average Bonchev–Trinajstić information content (AvgIpc) is 3.46. The Balaban J connectivity index is 1.34. The van der Waals surface area contributed by atoms with Crippen LogP contribution in [0.1, 0.15) is 26.1 Å². The molecule has 0 atom stereocenters. The molecule has 0 radical (unpaired) electrons. The Morgan fingerprint density at radius 3 is 2.19 bits per heavy atom. The van der Waals surface area contributed by atoms with Crippen molar-refractivity contribution in [2.24, 2.45) is 0 Å². The number of nitrogens with zero attached hydrogens (tertiary/aromatic N) is 4. The average molecular weight is 611 g/mol. The molecule has 0 spiro atoms. The maximum atomic E-state index is 13.0. The molecule has 5 aromatic carbocycles. The number of rotatable bonds is 6. The number of aromatic nitrogens is 4. The molecule has 6 nitrogen and oxygen atoms in total. The molecule has 47 heavy (non-hydrogen) atoms. The van der Waals surface area contributed by atoms with E-state index in [-0.39, 0.29) is 5.63 Å². The minimum atomic E-state index is -0.340. The zero-order valence-electron chi connectivity index (χ0n) is 26.0. The van der Waals surface area contributed by atoms with Crippen molar-refractivity contribution >= 4 is 49.1 Å². The quantitative estimate of drug-likeness (QED) is 0.106. The van der Waals surface area contributed by atoms with Crippen LogP contribution in [-0.2, 0) is 0 Å². The van der Waals surface area contributed by atoms with E-state index in [2.05, 4.69) is 60.0 Å². The number of hydrogen-bond acceptors (Lipinski definition) is 5. The third-order valence-electron chi connectivity index (χ3n) is 8.58. The van der Waals surface area contributed by atoms with E-state index in [0.717, 1.165) is 61.3 Å². The molecule has 0 N–H and O–H groups in total. The normalized spacial score (nSPS) is 12.3. The standard InChI is InChI=1S/C41H30N4O2/c1-3-5-13-26(4-2)38-42-39(27-14-7-6-8-15-27)44-41(43-38)45-35-18-11-9-16-31(35)33-24-29(21-23-36(33)45)28-20-22-30-32-17-10-12-19-37(32)47-40(46)34(30)25-28/h4-25H,3H2,1-2H3/b13-5-,26-4+. The first kappa shape index (κ1) is 28.3. The molecule has 8 rings (SSSR count). The van der Waals surface area contributed by atoms with Crippen LogP contribution >= 0.6 is 0 Å². The number of para-hydroxylation sites is 2. The van der Waals surface area contributed by atoms with Gasteiger partial charge in [0, 0.05) is 27.3 Å². The lowest BCUT2D eigenvalue weighted by atomic mass is 9.99. The van der Waals surface area contributed by atoms with Crippen molar-refractivity contribution in [3.05, 3.63) is 150 Å².